The zero-order valence-electron chi connectivity index (χ0n) is 7.21. The van der Waals surface area contributed by atoms with Gasteiger partial charge in [0.2, 0.25) is 6.86 Å². The maximum atomic E-state index is 11.8. The van der Waals surface area contributed by atoms with E-state index in [1.54, 1.807) is 18.2 Å². The molecule has 70 valence electrons. The summed E-state index contributed by atoms with van der Waals surface area (Å²) in [4.78, 5) is 11.1. The van der Waals surface area contributed by atoms with Crippen LogP contribution in [0.2, 0.25) is 0 Å². The van der Waals surface area contributed by atoms with E-state index in [0.29, 0.717) is 11.3 Å². The van der Waals surface area contributed by atoms with Gasteiger partial charge in [-0.25, -0.2) is 4.39 Å². The first-order valence-electron chi connectivity index (χ1n) is 3.79. The molecule has 0 radical (unpaired) electrons. The molecule has 0 saturated heterocycles. The van der Waals surface area contributed by atoms with Gasteiger partial charge in [-0.3, -0.25) is 4.79 Å². The van der Waals surface area contributed by atoms with E-state index in [1.165, 1.54) is 13.1 Å². The maximum Gasteiger partial charge on any atom is 0.251 e. The summed E-state index contributed by atoms with van der Waals surface area (Å²) in [6, 6.07) is 6.34. The summed E-state index contributed by atoms with van der Waals surface area (Å²) < 4.78 is 16.4. The number of carbonyl (C=O) groups is 1. The highest BCUT2D eigenvalue weighted by atomic mass is 19.1. The summed E-state index contributed by atoms with van der Waals surface area (Å²) in [5, 5.41) is 2.46. The highest BCUT2D eigenvalue weighted by Crippen LogP contribution is 2.12. The number of rotatable bonds is 3. The Morgan fingerprint density at radius 1 is 1.62 bits per heavy atom. The molecule has 3 nitrogen and oxygen atoms in total. The Morgan fingerprint density at radius 2 is 2.38 bits per heavy atom. The molecule has 0 aromatic heterocycles. The van der Waals surface area contributed by atoms with Crippen molar-refractivity contribution in [3.05, 3.63) is 29.8 Å². The number of halogens is 1. The lowest BCUT2D eigenvalue weighted by Crippen LogP contribution is -2.17. The highest BCUT2D eigenvalue weighted by molar-refractivity contribution is 5.94. The third-order valence-corrected chi connectivity index (χ3v) is 1.54. The minimum Gasteiger partial charge on any atom is -0.463 e. The van der Waals surface area contributed by atoms with Crippen LogP contribution in [0.3, 0.4) is 0 Å². The van der Waals surface area contributed by atoms with Gasteiger partial charge < -0.3 is 10.1 Å². The predicted octanol–water partition coefficient (Wildman–Crippen LogP) is 1.35. The lowest BCUT2D eigenvalue weighted by molar-refractivity contribution is 0.0962. The Balaban J connectivity index is 2.85. The fraction of sp³-hybridized carbons (Fsp3) is 0.222. The van der Waals surface area contributed by atoms with Crippen molar-refractivity contribution < 1.29 is 13.9 Å². The molecule has 0 atom stereocenters. The second-order valence-corrected chi connectivity index (χ2v) is 2.36. The summed E-state index contributed by atoms with van der Waals surface area (Å²) >= 11 is 0. The number of benzene rings is 1. The minimum absolute atomic E-state index is 0.218. The zero-order valence-corrected chi connectivity index (χ0v) is 7.21. The molecular formula is C9H10FNO2. The molecule has 0 unspecified atom stereocenters. The van der Waals surface area contributed by atoms with Gasteiger partial charge in [0.1, 0.15) is 5.75 Å². The van der Waals surface area contributed by atoms with Crippen LogP contribution in [0, 0.1) is 0 Å². The van der Waals surface area contributed by atoms with Crippen LogP contribution in [0.25, 0.3) is 0 Å². The normalized spacial score (nSPS) is 9.38. The first kappa shape index (κ1) is 9.51. The molecule has 0 saturated carbocycles. The van der Waals surface area contributed by atoms with Gasteiger partial charge in [-0.15, -0.1) is 0 Å². The number of alkyl halides is 1. The molecule has 1 rings (SSSR count). The van der Waals surface area contributed by atoms with Gasteiger partial charge in [-0.1, -0.05) is 6.07 Å². The Bertz CT molecular complexity index is 301. The first-order valence-corrected chi connectivity index (χ1v) is 3.79. The highest BCUT2D eigenvalue weighted by Gasteiger charge is 2.03. The molecular weight excluding hydrogens is 173 g/mol. The van der Waals surface area contributed by atoms with Gasteiger partial charge in [0.05, 0.1) is 0 Å². The van der Waals surface area contributed by atoms with Crippen molar-refractivity contribution in [1.29, 1.82) is 0 Å². The Hall–Kier alpha value is -1.58. The predicted molar refractivity (Wildman–Crippen MR) is 46.4 cm³/mol. The van der Waals surface area contributed by atoms with Gasteiger partial charge in [0.25, 0.3) is 5.91 Å². The maximum absolute atomic E-state index is 11.8. The number of carbonyl (C=O) groups excluding carboxylic acids is 1. The lowest BCUT2D eigenvalue weighted by atomic mass is 10.2. The Morgan fingerprint density at radius 3 is 3.00 bits per heavy atom. The van der Waals surface area contributed by atoms with Crippen molar-refractivity contribution in [3.8, 4) is 5.75 Å². The number of hydrogen-bond donors (Lipinski definition) is 1. The lowest BCUT2D eigenvalue weighted by Gasteiger charge is -2.03. The van der Waals surface area contributed by atoms with Gasteiger partial charge in [-0.2, -0.15) is 0 Å². The number of hydrogen-bond acceptors (Lipinski definition) is 2. The van der Waals surface area contributed by atoms with E-state index >= 15 is 0 Å². The minimum atomic E-state index is -0.892. The number of ether oxygens (including phenoxy) is 1. The molecule has 1 aromatic carbocycles. The van der Waals surface area contributed by atoms with E-state index in [0.717, 1.165) is 0 Å². The van der Waals surface area contributed by atoms with Crippen LogP contribution in [0.4, 0.5) is 4.39 Å². The topological polar surface area (TPSA) is 38.3 Å². The van der Waals surface area contributed by atoms with Crippen molar-refractivity contribution in [2.45, 2.75) is 0 Å². The van der Waals surface area contributed by atoms with Crippen molar-refractivity contribution in [1.82, 2.24) is 5.32 Å². The summed E-state index contributed by atoms with van der Waals surface area (Å²) in [6.07, 6.45) is 0. The van der Waals surface area contributed by atoms with E-state index in [1.807, 2.05) is 0 Å². The summed E-state index contributed by atoms with van der Waals surface area (Å²) in [5.74, 6) is 0.132. The van der Waals surface area contributed by atoms with Crippen molar-refractivity contribution in [2.24, 2.45) is 0 Å². The average Bonchev–Trinajstić information content (AvgIpc) is 2.18. The molecule has 4 heteroatoms. The van der Waals surface area contributed by atoms with Gasteiger partial charge in [0, 0.05) is 12.6 Å². The second-order valence-electron chi connectivity index (χ2n) is 2.36. The molecule has 0 fully saturated rings. The number of nitrogens with one attached hydrogen (secondary N) is 1. The summed E-state index contributed by atoms with van der Waals surface area (Å²) in [5.41, 5.74) is 0.452. The van der Waals surface area contributed by atoms with Crippen LogP contribution in [-0.4, -0.2) is 19.8 Å². The molecule has 0 spiro atoms. The van der Waals surface area contributed by atoms with E-state index < -0.39 is 6.86 Å². The van der Waals surface area contributed by atoms with Crippen LogP contribution >= 0.6 is 0 Å². The van der Waals surface area contributed by atoms with E-state index in [-0.39, 0.29) is 5.91 Å². The van der Waals surface area contributed by atoms with E-state index in [2.05, 4.69) is 10.1 Å². The third kappa shape index (κ3) is 2.43. The van der Waals surface area contributed by atoms with Crippen molar-refractivity contribution in [3.63, 3.8) is 0 Å². The van der Waals surface area contributed by atoms with Crippen molar-refractivity contribution in [2.75, 3.05) is 13.9 Å². The molecule has 1 aromatic rings. The van der Waals surface area contributed by atoms with Gasteiger partial charge in [-0.05, 0) is 18.2 Å². The monoisotopic (exact) mass is 183 g/mol. The van der Waals surface area contributed by atoms with Crippen molar-refractivity contribution >= 4 is 5.91 Å². The third-order valence-electron chi connectivity index (χ3n) is 1.54. The van der Waals surface area contributed by atoms with Crippen LogP contribution in [-0.2, 0) is 0 Å². The Kier molecular flexibility index (Phi) is 3.25. The molecule has 0 bridgehead atoms. The van der Waals surface area contributed by atoms with Gasteiger partial charge >= 0.3 is 0 Å². The standard InChI is InChI=1S/C9H10FNO2/c1-11-9(12)7-3-2-4-8(5-7)13-6-10/h2-5H,6H2,1H3,(H,11,12). The summed E-state index contributed by atoms with van der Waals surface area (Å²) in [7, 11) is 1.53. The van der Waals surface area contributed by atoms with Crippen LogP contribution in [0.1, 0.15) is 10.4 Å². The molecule has 0 aliphatic rings. The summed E-state index contributed by atoms with van der Waals surface area (Å²) in [6.45, 7) is -0.892. The number of amides is 1. The van der Waals surface area contributed by atoms with Gasteiger partial charge in [0.15, 0.2) is 0 Å². The second kappa shape index (κ2) is 4.45. The molecule has 1 amide bonds. The molecule has 13 heavy (non-hydrogen) atoms. The first-order chi connectivity index (χ1) is 6.27. The fourth-order valence-electron chi connectivity index (χ4n) is 0.934. The largest absolute Gasteiger partial charge is 0.463 e. The van der Waals surface area contributed by atoms with Crippen LogP contribution in [0.5, 0.6) is 5.75 Å². The van der Waals surface area contributed by atoms with Crippen LogP contribution in [0.15, 0.2) is 24.3 Å². The van der Waals surface area contributed by atoms with E-state index in [4.69, 9.17) is 0 Å². The fourth-order valence-corrected chi connectivity index (χ4v) is 0.934. The SMILES string of the molecule is CNC(=O)c1cccc(OCF)c1. The molecule has 1 N–H and O–H groups in total. The quantitative estimate of drug-likeness (QED) is 0.768. The smallest absolute Gasteiger partial charge is 0.251 e. The molecule has 0 heterocycles. The van der Waals surface area contributed by atoms with Crippen LogP contribution < -0.4 is 10.1 Å². The molecule has 0 aliphatic carbocycles. The molecule has 0 aliphatic heterocycles. The zero-order chi connectivity index (χ0) is 9.68. The average molecular weight is 183 g/mol. The Labute approximate surface area is 75.5 Å². The van der Waals surface area contributed by atoms with E-state index in [9.17, 15) is 9.18 Å².